The van der Waals surface area contributed by atoms with E-state index in [-0.39, 0.29) is 5.04 Å². The van der Waals surface area contributed by atoms with Crippen molar-refractivity contribution in [3.05, 3.63) is 60.7 Å². The maximum atomic E-state index is 11.3. The third-order valence-electron chi connectivity index (χ3n) is 7.38. The maximum Gasteiger partial charge on any atom is 0.261 e. The van der Waals surface area contributed by atoms with E-state index in [1.807, 2.05) is 39.8 Å². The predicted octanol–water partition coefficient (Wildman–Crippen LogP) is 3.35. The molecule has 35 heavy (non-hydrogen) atoms. The molecule has 5 rings (SSSR count). The Hall–Kier alpha value is -1.58. The van der Waals surface area contributed by atoms with Crippen molar-refractivity contribution in [1.29, 1.82) is 0 Å². The summed E-state index contributed by atoms with van der Waals surface area (Å²) in [5.74, 6) is -1.70. The number of hydrogen-bond donors (Lipinski definition) is 1. The minimum absolute atomic E-state index is 0.222. The molecule has 6 nitrogen and oxygen atoms in total. The van der Waals surface area contributed by atoms with Crippen molar-refractivity contribution in [2.75, 3.05) is 0 Å². The van der Waals surface area contributed by atoms with Gasteiger partial charge in [-0.2, -0.15) is 0 Å². The van der Waals surface area contributed by atoms with E-state index in [1.54, 1.807) is 0 Å². The van der Waals surface area contributed by atoms with E-state index in [1.165, 1.54) is 10.4 Å². The summed E-state index contributed by atoms with van der Waals surface area (Å²) in [4.78, 5) is 0. The zero-order valence-electron chi connectivity index (χ0n) is 21.7. The molecule has 0 aromatic heterocycles. The summed E-state index contributed by atoms with van der Waals surface area (Å²) in [7, 11) is -2.92. The molecule has 0 spiro atoms. The molecule has 190 valence electrons. The predicted molar refractivity (Wildman–Crippen MR) is 136 cm³/mol. The zero-order chi connectivity index (χ0) is 25.2. The van der Waals surface area contributed by atoms with Crippen LogP contribution in [0.4, 0.5) is 0 Å². The SMILES string of the molecule is CC1(C)O[C@@H]2C(O)[C@@H]3OC(C)(C)O[C@H]3C(O[Si](c3ccccc3)(c3ccccc3)C(C)(C)C)[C@@H]2O1. The third kappa shape index (κ3) is 4.21. The van der Waals surface area contributed by atoms with Gasteiger partial charge in [0.15, 0.2) is 11.6 Å². The Morgan fingerprint density at radius 1 is 0.686 bits per heavy atom. The van der Waals surface area contributed by atoms with Crippen LogP contribution in [0.5, 0.6) is 0 Å². The quantitative estimate of drug-likeness (QED) is 0.653. The van der Waals surface area contributed by atoms with Gasteiger partial charge in [-0.1, -0.05) is 81.4 Å². The first kappa shape index (κ1) is 25.1. The second-order valence-electron chi connectivity index (χ2n) is 11.9. The van der Waals surface area contributed by atoms with Gasteiger partial charge in [0.25, 0.3) is 8.32 Å². The highest BCUT2D eigenvalue weighted by molar-refractivity contribution is 6.99. The number of aliphatic hydroxyl groups is 1. The average molecular weight is 499 g/mol. The molecule has 2 aromatic carbocycles. The van der Waals surface area contributed by atoms with Crippen molar-refractivity contribution in [3.8, 4) is 0 Å². The lowest BCUT2D eigenvalue weighted by atomic mass is 9.85. The molecule has 2 saturated heterocycles. The topological polar surface area (TPSA) is 66.4 Å². The Morgan fingerprint density at radius 2 is 1.06 bits per heavy atom. The second kappa shape index (κ2) is 8.48. The van der Waals surface area contributed by atoms with E-state index < -0.39 is 56.5 Å². The van der Waals surface area contributed by atoms with Crippen molar-refractivity contribution < 1.29 is 28.5 Å². The molecule has 1 aliphatic carbocycles. The summed E-state index contributed by atoms with van der Waals surface area (Å²) < 4.78 is 32.8. The molecule has 0 radical (unpaired) electrons. The highest BCUT2D eigenvalue weighted by Crippen LogP contribution is 2.48. The van der Waals surface area contributed by atoms with Gasteiger partial charge in [-0.05, 0) is 43.1 Å². The monoisotopic (exact) mass is 498 g/mol. The number of fused-ring (bicyclic) bond motifs is 2. The van der Waals surface area contributed by atoms with Gasteiger partial charge in [0.2, 0.25) is 0 Å². The molecule has 0 amide bonds. The maximum absolute atomic E-state index is 11.3. The van der Waals surface area contributed by atoms with Crippen LogP contribution in [0.15, 0.2) is 60.7 Å². The lowest BCUT2D eigenvalue weighted by molar-refractivity contribution is -0.182. The van der Waals surface area contributed by atoms with Gasteiger partial charge in [-0.15, -0.1) is 0 Å². The molecule has 2 heterocycles. The number of aliphatic hydroxyl groups excluding tert-OH is 1. The molecule has 2 aromatic rings. The number of benzene rings is 2. The van der Waals surface area contributed by atoms with Crippen molar-refractivity contribution in [1.82, 2.24) is 0 Å². The van der Waals surface area contributed by atoms with E-state index in [4.69, 9.17) is 23.4 Å². The number of ether oxygens (including phenoxy) is 4. The standard InChI is InChI=1S/C28H38O6Si/c1-26(2,3)35(18-14-10-8-11-15-18,19-16-12-9-13-17-19)34-25-23-21(30-27(4,5)32-23)20(29)22-24(25)33-28(6,7)31-22/h8-17,20-25,29H,1-7H3/t20?,21-,22+,23-,24-,25?/m1/s1. The van der Waals surface area contributed by atoms with Crippen LogP contribution in [0.1, 0.15) is 48.5 Å². The van der Waals surface area contributed by atoms with E-state index in [0.717, 1.165) is 0 Å². The Kier molecular flexibility index (Phi) is 6.08. The molecular weight excluding hydrogens is 460 g/mol. The van der Waals surface area contributed by atoms with Crippen LogP contribution in [0, 0.1) is 0 Å². The van der Waals surface area contributed by atoms with Crippen molar-refractivity contribution in [2.45, 2.75) is 102 Å². The molecule has 2 unspecified atom stereocenters. The summed E-state index contributed by atoms with van der Waals surface area (Å²) in [6, 6.07) is 21.0. The normalized spacial score (nSPS) is 33.8. The average Bonchev–Trinajstić information content (AvgIpc) is 3.29. The molecule has 0 bridgehead atoms. The Balaban J connectivity index is 1.68. The first-order chi connectivity index (χ1) is 16.3. The van der Waals surface area contributed by atoms with Crippen LogP contribution in [-0.2, 0) is 23.4 Å². The minimum Gasteiger partial charge on any atom is -0.399 e. The number of rotatable bonds is 4. The summed E-state index contributed by atoms with van der Waals surface area (Å²) in [5, 5.41) is 13.4. The molecular formula is C28H38O6Si. The first-order valence-corrected chi connectivity index (χ1v) is 14.4. The lowest BCUT2D eigenvalue weighted by Crippen LogP contribution is -2.72. The van der Waals surface area contributed by atoms with Crippen LogP contribution >= 0.6 is 0 Å². The van der Waals surface area contributed by atoms with Gasteiger partial charge in [-0.3, -0.25) is 0 Å². The van der Waals surface area contributed by atoms with E-state index in [0.29, 0.717) is 0 Å². The summed E-state index contributed by atoms with van der Waals surface area (Å²) in [6.45, 7) is 14.2. The van der Waals surface area contributed by atoms with E-state index in [9.17, 15) is 5.11 Å². The second-order valence-corrected chi connectivity index (χ2v) is 16.1. The van der Waals surface area contributed by atoms with Crippen LogP contribution < -0.4 is 10.4 Å². The fourth-order valence-corrected chi connectivity index (χ4v) is 10.8. The van der Waals surface area contributed by atoms with Gasteiger partial charge >= 0.3 is 0 Å². The minimum atomic E-state index is -2.92. The van der Waals surface area contributed by atoms with Crippen LogP contribution in [0.2, 0.25) is 5.04 Å². The molecule has 1 N–H and O–H groups in total. The summed E-state index contributed by atoms with van der Waals surface area (Å²) in [5.41, 5.74) is 0. The fraction of sp³-hybridized carbons (Fsp3) is 0.571. The van der Waals surface area contributed by atoms with Gasteiger partial charge in [0.05, 0.1) is 0 Å². The lowest BCUT2D eigenvalue weighted by Gasteiger charge is -2.49. The molecule has 7 heteroatoms. The van der Waals surface area contributed by atoms with Gasteiger partial charge in [0.1, 0.15) is 36.6 Å². The van der Waals surface area contributed by atoms with Crippen molar-refractivity contribution in [3.63, 3.8) is 0 Å². The third-order valence-corrected chi connectivity index (χ3v) is 12.4. The van der Waals surface area contributed by atoms with E-state index in [2.05, 4.69) is 69.3 Å². The highest BCUT2D eigenvalue weighted by atomic mass is 28.4. The summed E-state index contributed by atoms with van der Waals surface area (Å²) in [6.07, 6.45) is -3.53. The van der Waals surface area contributed by atoms with Crippen LogP contribution in [0.3, 0.4) is 0 Å². The molecule has 2 aliphatic heterocycles. The molecule has 3 fully saturated rings. The highest BCUT2D eigenvalue weighted by Gasteiger charge is 2.65. The Labute approximate surface area is 209 Å². The van der Waals surface area contributed by atoms with Crippen LogP contribution in [-0.4, -0.2) is 61.6 Å². The Bertz CT molecular complexity index is 963. The van der Waals surface area contributed by atoms with E-state index >= 15 is 0 Å². The molecule has 6 atom stereocenters. The van der Waals surface area contributed by atoms with Gasteiger partial charge in [0, 0.05) is 0 Å². The Morgan fingerprint density at radius 3 is 1.43 bits per heavy atom. The van der Waals surface area contributed by atoms with Crippen molar-refractivity contribution in [2.24, 2.45) is 0 Å². The van der Waals surface area contributed by atoms with Gasteiger partial charge in [-0.25, -0.2) is 0 Å². The van der Waals surface area contributed by atoms with Crippen molar-refractivity contribution >= 4 is 18.7 Å². The first-order valence-electron chi connectivity index (χ1n) is 12.5. The smallest absolute Gasteiger partial charge is 0.261 e. The molecule has 3 aliphatic rings. The summed E-state index contributed by atoms with van der Waals surface area (Å²) >= 11 is 0. The fourth-order valence-electron chi connectivity index (χ4n) is 6.07. The number of hydrogen-bond acceptors (Lipinski definition) is 6. The zero-order valence-corrected chi connectivity index (χ0v) is 22.7. The molecule has 1 saturated carbocycles. The van der Waals surface area contributed by atoms with Gasteiger partial charge < -0.3 is 28.5 Å². The van der Waals surface area contributed by atoms with Crippen LogP contribution in [0.25, 0.3) is 0 Å². The largest absolute Gasteiger partial charge is 0.399 e.